The van der Waals surface area contributed by atoms with Crippen molar-refractivity contribution >= 4 is 29.2 Å². The van der Waals surface area contributed by atoms with Crippen molar-refractivity contribution in [2.45, 2.75) is 0 Å². The molecule has 0 spiro atoms. The first-order chi connectivity index (χ1) is 12.1. The van der Waals surface area contributed by atoms with Crippen molar-refractivity contribution in [3.63, 3.8) is 0 Å². The first-order valence-corrected chi connectivity index (χ1v) is 7.96. The van der Waals surface area contributed by atoms with Gasteiger partial charge in [0.2, 0.25) is 0 Å². The summed E-state index contributed by atoms with van der Waals surface area (Å²) in [7, 11) is 1.50. The van der Waals surface area contributed by atoms with E-state index in [4.69, 9.17) is 21.1 Å². The van der Waals surface area contributed by atoms with Crippen LogP contribution >= 0.6 is 11.6 Å². The zero-order valence-corrected chi connectivity index (χ0v) is 14.3. The molecule has 1 aliphatic rings. The van der Waals surface area contributed by atoms with Crippen molar-refractivity contribution < 1.29 is 19.1 Å². The number of ketones is 2. The van der Waals surface area contributed by atoms with Crippen LogP contribution in [-0.2, 0) is 0 Å². The molecule has 0 unspecified atom stereocenters. The molecule has 0 aromatic heterocycles. The van der Waals surface area contributed by atoms with Gasteiger partial charge in [-0.1, -0.05) is 48.5 Å². The van der Waals surface area contributed by atoms with Crippen LogP contribution in [0.5, 0.6) is 11.5 Å². The SMILES string of the molecule is C=CCOc1cc(Cl)c(C=C2C(=O)c3ccccc3C2=O)cc1OC. The van der Waals surface area contributed by atoms with E-state index in [0.717, 1.165) is 0 Å². The van der Waals surface area contributed by atoms with Gasteiger partial charge in [0.1, 0.15) is 6.61 Å². The fraction of sp³-hybridized carbons (Fsp3) is 0.100. The monoisotopic (exact) mass is 354 g/mol. The molecule has 0 saturated carbocycles. The topological polar surface area (TPSA) is 52.6 Å². The number of ether oxygens (including phenoxy) is 2. The molecule has 3 rings (SSSR count). The number of benzene rings is 2. The summed E-state index contributed by atoms with van der Waals surface area (Å²) in [5.74, 6) is 0.306. The number of allylic oxidation sites excluding steroid dienone is 1. The lowest BCUT2D eigenvalue weighted by molar-refractivity contribution is 0.0990. The number of methoxy groups -OCH3 is 1. The lowest BCUT2D eigenvalue weighted by Crippen LogP contribution is -2.01. The van der Waals surface area contributed by atoms with E-state index in [-0.39, 0.29) is 17.1 Å². The lowest BCUT2D eigenvalue weighted by Gasteiger charge is -2.11. The highest BCUT2D eigenvalue weighted by Crippen LogP contribution is 2.36. The van der Waals surface area contributed by atoms with E-state index < -0.39 is 0 Å². The van der Waals surface area contributed by atoms with Gasteiger partial charge in [-0.3, -0.25) is 9.59 Å². The molecule has 0 atom stereocenters. The molecule has 0 bridgehead atoms. The van der Waals surface area contributed by atoms with Crippen LogP contribution in [-0.4, -0.2) is 25.3 Å². The first kappa shape index (κ1) is 17.0. The highest BCUT2D eigenvalue weighted by atomic mass is 35.5. The van der Waals surface area contributed by atoms with Gasteiger partial charge in [0.15, 0.2) is 23.1 Å². The predicted octanol–water partition coefficient (Wildman–Crippen LogP) is 4.38. The predicted molar refractivity (Wildman–Crippen MR) is 96.8 cm³/mol. The Kier molecular flexibility index (Phi) is 4.72. The quantitative estimate of drug-likeness (QED) is 0.454. The number of hydrogen-bond acceptors (Lipinski definition) is 4. The number of Topliss-reactive ketones (excluding diaryl/α,β-unsaturated/α-hetero) is 2. The Morgan fingerprint density at radius 2 is 1.72 bits per heavy atom. The summed E-state index contributed by atoms with van der Waals surface area (Å²) in [5, 5.41) is 0.351. The van der Waals surface area contributed by atoms with Crippen LogP contribution in [0.1, 0.15) is 26.3 Å². The largest absolute Gasteiger partial charge is 0.493 e. The van der Waals surface area contributed by atoms with E-state index >= 15 is 0 Å². The highest BCUT2D eigenvalue weighted by molar-refractivity contribution is 6.41. The van der Waals surface area contributed by atoms with Crippen LogP contribution in [0.3, 0.4) is 0 Å². The van der Waals surface area contributed by atoms with E-state index in [9.17, 15) is 9.59 Å². The maximum absolute atomic E-state index is 12.5. The third-order valence-corrected chi connectivity index (χ3v) is 4.17. The minimum absolute atomic E-state index is 0.0879. The zero-order valence-electron chi connectivity index (χ0n) is 13.5. The van der Waals surface area contributed by atoms with Gasteiger partial charge in [0, 0.05) is 17.2 Å². The summed E-state index contributed by atoms with van der Waals surface area (Å²) in [5.41, 5.74) is 1.42. The number of carbonyl (C=O) groups is 2. The number of rotatable bonds is 5. The minimum atomic E-state index is -0.303. The van der Waals surface area contributed by atoms with E-state index in [2.05, 4.69) is 6.58 Å². The van der Waals surface area contributed by atoms with Crippen molar-refractivity contribution in [2.75, 3.05) is 13.7 Å². The molecular weight excluding hydrogens is 340 g/mol. The van der Waals surface area contributed by atoms with E-state index in [1.165, 1.54) is 13.2 Å². The highest BCUT2D eigenvalue weighted by Gasteiger charge is 2.32. The van der Waals surface area contributed by atoms with Crippen LogP contribution in [0.25, 0.3) is 6.08 Å². The molecule has 0 fully saturated rings. The van der Waals surface area contributed by atoms with Crippen molar-refractivity contribution in [2.24, 2.45) is 0 Å². The van der Waals surface area contributed by atoms with Crippen LogP contribution in [0, 0.1) is 0 Å². The molecule has 2 aromatic carbocycles. The van der Waals surface area contributed by atoms with Crippen LogP contribution < -0.4 is 9.47 Å². The molecule has 0 radical (unpaired) electrons. The molecule has 126 valence electrons. The van der Waals surface area contributed by atoms with Gasteiger partial charge in [-0.2, -0.15) is 0 Å². The summed E-state index contributed by atoms with van der Waals surface area (Å²) in [4.78, 5) is 25.0. The lowest BCUT2D eigenvalue weighted by atomic mass is 10.1. The molecule has 25 heavy (non-hydrogen) atoms. The van der Waals surface area contributed by atoms with Gasteiger partial charge in [0.05, 0.1) is 17.7 Å². The molecule has 0 heterocycles. The summed E-state index contributed by atoms with van der Waals surface area (Å²) in [6.45, 7) is 3.90. The molecule has 1 aliphatic carbocycles. The normalized spacial score (nSPS) is 12.8. The molecular formula is C20H15ClO4. The molecule has 4 nitrogen and oxygen atoms in total. The summed E-state index contributed by atoms with van der Waals surface area (Å²) in [6.07, 6.45) is 3.10. The fourth-order valence-corrected chi connectivity index (χ4v) is 2.85. The summed E-state index contributed by atoms with van der Waals surface area (Å²) in [6, 6.07) is 9.98. The average Bonchev–Trinajstić information content (AvgIpc) is 2.87. The van der Waals surface area contributed by atoms with Crippen molar-refractivity contribution in [1.29, 1.82) is 0 Å². The standard InChI is InChI=1S/C20H15ClO4/c1-3-8-25-18-11-16(21)12(10-17(18)24-2)9-15-19(22)13-6-4-5-7-14(13)20(15)23/h3-7,9-11H,1,8H2,2H3. The Balaban J connectivity index is 2.03. The second-order valence-electron chi connectivity index (χ2n) is 5.39. The van der Waals surface area contributed by atoms with E-state index in [1.807, 2.05) is 0 Å². The Labute approximate surface area is 150 Å². The molecule has 0 saturated heterocycles. The van der Waals surface area contributed by atoms with E-state index in [1.54, 1.807) is 42.5 Å². The minimum Gasteiger partial charge on any atom is -0.493 e. The van der Waals surface area contributed by atoms with E-state index in [0.29, 0.717) is 39.8 Å². The van der Waals surface area contributed by atoms with Gasteiger partial charge in [0.25, 0.3) is 0 Å². The molecule has 0 N–H and O–H groups in total. The summed E-state index contributed by atoms with van der Waals surface area (Å²) < 4.78 is 10.8. The van der Waals surface area contributed by atoms with Gasteiger partial charge in [-0.25, -0.2) is 0 Å². The molecule has 2 aromatic rings. The Morgan fingerprint density at radius 1 is 1.08 bits per heavy atom. The van der Waals surface area contributed by atoms with Crippen LogP contribution in [0.2, 0.25) is 5.02 Å². The summed E-state index contributed by atoms with van der Waals surface area (Å²) >= 11 is 6.29. The number of halogens is 1. The Morgan fingerprint density at radius 3 is 2.28 bits per heavy atom. The molecule has 0 aliphatic heterocycles. The second kappa shape index (κ2) is 6.95. The van der Waals surface area contributed by atoms with Crippen molar-refractivity contribution in [3.8, 4) is 11.5 Å². The second-order valence-corrected chi connectivity index (χ2v) is 5.79. The number of fused-ring (bicyclic) bond motifs is 1. The third-order valence-electron chi connectivity index (χ3n) is 3.85. The molecule has 0 amide bonds. The third kappa shape index (κ3) is 3.08. The average molecular weight is 355 g/mol. The van der Waals surface area contributed by atoms with Gasteiger partial charge in [-0.05, 0) is 17.7 Å². The zero-order chi connectivity index (χ0) is 18.0. The number of carbonyl (C=O) groups excluding carboxylic acids is 2. The van der Waals surface area contributed by atoms with Crippen LogP contribution in [0.15, 0.2) is 54.6 Å². The Hall–Kier alpha value is -2.85. The van der Waals surface area contributed by atoms with Gasteiger partial charge >= 0.3 is 0 Å². The van der Waals surface area contributed by atoms with Gasteiger partial charge in [-0.15, -0.1) is 0 Å². The maximum atomic E-state index is 12.5. The van der Waals surface area contributed by atoms with Crippen LogP contribution in [0.4, 0.5) is 0 Å². The molecule has 5 heteroatoms. The van der Waals surface area contributed by atoms with Gasteiger partial charge < -0.3 is 9.47 Å². The fourth-order valence-electron chi connectivity index (χ4n) is 2.64. The first-order valence-electron chi connectivity index (χ1n) is 7.58. The smallest absolute Gasteiger partial charge is 0.197 e. The Bertz CT molecular complexity index is 875. The van der Waals surface area contributed by atoms with Crippen molar-refractivity contribution in [1.82, 2.24) is 0 Å². The van der Waals surface area contributed by atoms with Crippen molar-refractivity contribution in [3.05, 3.63) is 76.3 Å². The maximum Gasteiger partial charge on any atom is 0.197 e. The number of hydrogen-bond donors (Lipinski definition) is 0.